The van der Waals surface area contributed by atoms with Crippen molar-refractivity contribution >= 4 is 0 Å². The van der Waals surface area contributed by atoms with Crippen molar-refractivity contribution in [1.29, 1.82) is 0 Å². The molecule has 0 heterocycles. The third-order valence-corrected chi connectivity index (χ3v) is 1.68. The van der Waals surface area contributed by atoms with Gasteiger partial charge in [-0.05, 0) is 17.7 Å². The predicted octanol–water partition coefficient (Wildman–Crippen LogP) is 2.99. The van der Waals surface area contributed by atoms with Crippen molar-refractivity contribution in [1.82, 2.24) is 0 Å². The zero-order valence-corrected chi connectivity index (χ0v) is 7.36. The van der Waals surface area contributed by atoms with Gasteiger partial charge in [-0.2, -0.15) is 13.2 Å². The van der Waals surface area contributed by atoms with Crippen LogP contribution in [0.1, 0.15) is 11.1 Å². The summed E-state index contributed by atoms with van der Waals surface area (Å²) in [6, 6.07) is 2.51. The van der Waals surface area contributed by atoms with E-state index in [-0.39, 0.29) is 12.2 Å². The quantitative estimate of drug-likeness (QED) is 0.679. The summed E-state index contributed by atoms with van der Waals surface area (Å²) in [7, 11) is 1.28. The van der Waals surface area contributed by atoms with E-state index in [0.717, 1.165) is 12.1 Å². The molecule has 5 heteroatoms. The van der Waals surface area contributed by atoms with Crippen molar-refractivity contribution in [3.05, 3.63) is 35.1 Å². The van der Waals surface area contributed by atoms with E-state index >= 15 is 0 Å². The van der Waals surface area contributed by atoms with E-state index in [1.165, 1.54) is 7.11 Å². The zero-order chi connectivity index (χ0) is 10.8. The standard InChI is InChI=1S/C9H8F4O/c1-14-5-6-2-3-7(10)4-8(6)9(11,12)13/h2-4H,5H2,1H3. The van der Waals surface area contributed by atoms with E-state index in [9.17, 15) is 17.6 Å². The van der Waals surface area contributed by atoms with Crippen LogP contribution in [0.25, 0.3) is 0 Å². The predicted molar refractivity (Wildman–Crippen MR) is 42.1 cm³/mol. The highest BCUT2D eigenvalue weighted by molar-refractivity contribution is 5.29. The van der Waals surface area contributed by atoms with Crippen LogP contribution < -0.4 is 0 Å². The molecular formula is C9H8F4O. The first-order valence-corrected chi connectivity index (χ1v) is 3.79. The van der Waals surface area contributed by atoms with Gasteiger partial charge in [0.05, 0.1) is 12.2 Å². The molecule has 0 atom stereocenters. The molecule has 78 valence electrons. The molecule has 0 aliphatic heterocycles. The van der Waals surface area contributed by atoms with Crippen molar-refractivity contribution in [2.75, 3.05) is 7.11 Å². The third-order valence-electron chi connectivity index (χ3n) is 1.68. The Morgan fingerprint density at radius 1 is 1.29 bits per heavy atom. The molecular weight excluding hydrogens is 200 g/mol. The molecule has 0 radical (unpaired) electrons. The molecule has 1 rings (SSSR count). The van der Waals surface area contributed by atoms with Gasteiger partial charge < -0.3 is 4.74 Å². The first kappa shape index (κ1) is 11.0. The number of hydrogen-bond acceptors (Lipinski definition) is 1. The van der Waals surface area contributed by atoms with Gasteiger partial charge in [-0.1, -0.05) is 6.07 Å². The van der Waals surface area contributed by atoms with Crippen molar-refractivity contribution in [3.63, 3.8) is 0 Å². The van der Waals surface area contributed by atoms with Crippen LogP contribution in [-0.4, -0.2) is 7.11 Å². The Morgan fingerprint density at radius 3 is 2.43 bits per heavy atom. The highest BCUT2D eigenvalue weighted by atomic mass is 19.4. The molecule has 0 saturated heterocycles. The Labute approximate surface area is 78.3 Å². The minimum absolute atomic E-state index is 0.0681. The lowest BCUT2D eigenvalue weighted by Crippen LogP contribution is -2.10. The summed E-state index contributed by atoms with van der Waals surface area (Å²) in [5, 5.41) is 0. The molecule has 1 aromatic carbocycles. The summed E-state index contributed by atoms with van der Waals surface area (Å²) in [5.41, 5.74) is -1.05. The monoisotopic (exact) mass is 208 g/mol. The average Bonchev–Trinajstić information content (AvgIpc) is 2.07. The van der Waals surface area contributed by atoms with Gasteiger partial charge in [0.25, 0.3) is 0 Å². The van der Waals surface area contributed by atoms with Crippen LogP contribution >= 0.6 is 0 Å². The van der Waals surface area contributed by atoms with Crippen LogP contribution in [-0.2, 0) is 17.5 Å². The molecule has 0 aliphatic carbocycles. The first-order valence-electron chi connectivity index (χ1n) is 3.79. The van der Waals surface area contributed by atoms with E-state index in [2.05, 4.69) is 4.74 Å². The molecule has 0 saturated carbocycles. The second-order valence-corrected chi connectivity index (χ2v) is 2.73. The number of hydrogen-bond donors (Lipinski definition) is 0. The third kappa shape index (κ3) is 2.45. The number of halogens is 4. The Kier molecular flexibility index (Phi) is 3.10. The Balaban J connectivity index is 3.16. The molecule has 1 nitrogen and oxygen atoms in total. The second-order valence-electron chi connectivity index (χ2n) is 2.73. The molecule has 0 aliphatic rings. The average molecular weight is 208 g/mol. The maximum atomic E-state index is 12.6. The highest BCUT2D eigenvalue weighted by Crippen LogP contribution is 2.32. The fourth-order valence-electron chi connectivity index (χ4n) is 1.09. The van der Waals surface area contributed by atoms with Crippen molar-refractivity contribution < 1.29 is 22.3 Å². The van der Waals surface area contributed by atoms with Crippen LogP contribution in [0.15, 0.2) is 18.2 Å². The molecule has 0 N–H and O–H groups in total. The van der Waals surface area contributed by atoms with Gasteiger partial charge in [0.2, 0.25) is 0 Å². The first-order chi connectivity index (χ1) is 6.45. The van der Waals surface area contributed by atoms with Gasteiger partial charge in [0.1, 0.15) is 5.82 Å². The Bertz CT molecular complexity index is 319. The largest absolute Gasteiger partial charge is 0.416 e. The molecule has 0 aromatic heterocycles. The summed E-state index contributed by atoms with van der Waals surface area (Å²) in [4.78, 5) is 0. The van der Waals surface area contributed by atoms with Gasteiger partial charge in [-0.3, -0.25) is 0 Å². The summed E-state index contributed by atoms with van der Waals surface area (Å²) >= 11 is 0. The number of ether oxygens (including phenoxy) is 1. The van der Waals surface area contributed by atoms with Gasteiger partial charge in [0, 0.05) is 7.11 Å². The van der Waals surface area contributed by atoms with Crippen molar-refractivity contribution in [2.24, 2.45) is 0 Å². The Morgan fingerprint density at radius 2 is 1.93 bits per heavy atom. The molecule has 0 spiro atoms. The van der Waals surface area contributed by atoms with E-state index < -0.39 is 17.6 Å². The van der Waals surface area contributed by atoms with E-state index in [0.29, 0.717) is 6.07 Å². The highest BCUT2D eigenvalue weighted by Gasteiger charge is 2.33. The Hall–Kier alpha value is -1.10. The van der Waals surface area contributed by atoms with Crippen LogP contribution in [0, 0.1) is 5.82 Å². The summed E-state index contributed by atoms with van der Waals surface area (Å²) in [6.45, 7) is -0.185. The number of benzene rings is 1. The topological polar surface area (TPSA) is 9.23 Å². The summed E-state index contributed by atoms with van der Waals surface area (Å²) in [5.74, 6) is -0.905. The fraction of sp³-hybridized carbons (Fsp3) is 0.333. The lowest BCUT2D eigenvalue weighted by atomic mass is 10.1. The normalized spacial score (nSPS) is 11.8. The number of rotatable bonds is 2. The lowest BCUT2D eigenvalue weighted by Gasteiger charge is -2.11. The lowest BCUT2D eigenvalue weighted by molar-refractivity contribution is -0.139. The minimum atomic E-state index is -4.55. The van der Waals surface area contributed by atoms with Gasteiger partial charge in [-0.25, -0.2) is 4.39 Å². The van der Waals surface area contributed by atoms with Crippen molar-refractivity contribution in [2.45, 2.75) is 12.8 Å². The van der Waals surface area contributed by atoms with Gasteiger partial charge >= 0.3 is 6.18 Å². The minimum Gasteiger partial charge on any atom is -0.380 e. The number of alkyl halides is 3. The van der Waals surface area contributed by atoms with Gasteiger partial charge in [-0.15, -0.1) is 0 Å². The van der Waals surface area contributed by atoms with E-state index in [1.807, 2.05) is 0 Å². The molecule has 1 aromatic rings. The molecule has 14 heavy (non-hydrogen) atoms. The van der Waals surface area contributed by atoms with Crippen LogP contribution in [0.5, 0.6) is 0 Å². The number of methoxy groups -OCH3 is 1. The zero-order valence-electron chi connectivity index (χ0n) is 7.36. The molecule has 0 bridgehead atoms. The smallest absolute Gasteiger partial charge is 0.380 e. The van der Waals surface area contributed by atoms with Crippen LogP contribution in [0.4, 0.5) is 17.6 Å². The maximum absolute atomic E-state index is 12.6. The van der Waals surface area contributed by atoms with Crippen LogP contribution in [0.2, 0.25) is 0 Å². The van der Waals surface area contributed by atoms with Crippen molar-refractivity contribution in [3.8, 4) is 0 Å². The molecule has 0 fully saturated rings. The fourth-order valence-corrected chi connectivity index (χ4v) is 1.09. The maximum Gasteiger partial charge on any atom is 0.416 e. The summed E-state index contributed by atoms with van der Waals surface area (Å²) < 4.78 is 54.1. The molecule has 0 amide bonds. The molecule has 0 unspecified atom stereocenters. The van der Waals surface area contributed by atoms with E-state index in [4.69, 9.17) is 0 Å². The SMILES string of the molecule is COCc1ccc(F)cc1C(F)(F)F. The summed E-state index contributed by atoms with van der Waals surface area (Å²) in [6.07, 6.45) is -4.55. The second kappa shape index (κ2) is 3.96. The van der Waals surface area contributed by atoms with E-state index in [1.54, 1.807) is 0 Å². The van der Waals surface area contributed by atoms with Gasteiger partial charge in [0.15, 0.2) is 0 Å². The van der Waals surface area contributed by atoms with Crippen LogP contribution in [0.3, 0.4) is 0 Å².